The lowest BCUT2D eigenvalue weighted by Gasteiger charge is -2.10. The van der Waals surface area contributed by atoms with Gasteiger partial charge in [-0.15, -0.1) is 11.3 Å². The molecule has 0 saturated carbocycles. The van der Waals surface area contributed by atoms with Crippen molar-refractivity contribution in [2.45, 2.75) is 0 Å². The number of hydrogen-bond acceptors (Lipinski definition) is 2. The molecule has 0 N–H and O–H groups in total. The third-order valence-corrected chi connectivity index (χ3v) is 13.6. The van der Waals surface area contributed by atoms with Crippen molar-refractivity contribution in [2.75, 3.05) is 0 Å². The first kappa shape index (κ1) is 34.1. The van der Waals surface area contributed by atoms with Gasteiger partial charge < -0.3 is 9.13 Å². The highest BCUT2D eigenvalue weighted by atomic mass is 32.1. The van der Waals surface area contributed by atoms with Gasteiger partial charge in [0.25, 0.3) is 0 Å². The van der Waals surface area contributed by atoms with Crippen molar-refractivity contribution in [3.63, 3.8) is 0 Å². The van der Waals surface area contributed by atoms with Crippen molar-refractivity contribution in [1.82, 2.24) is 14.1 Å². The summed E-state index contributed by atoms with van der Waals surface area (Å²) >= 11 is 1.76. The van der Waals surface area contributed by atoms with Crippen LogP contribution < -0.4 is 0 Å². The second-order valence-electron chi connectivity index (χ2n) is 16.0. The summed E-state index contributed by atoms with van der Waals surface area (Å²) in [5.41, 5.74) is 14.1. The van der Waals surface area contributed by atoms with Crippen molar-refractivity contribution in [2.24, 2.45) is 0 Å². The monoisotopic (exact) mass is 793 g/mol. The Hall–Kier alpha value is -7.79. The number of aromatic nitrogens is 3. The lowest BCUT2D eigenvalue weighted by molar-refractivity contribution is 1.18. The molecule has 13 rings (SSSR count). The van der Waals surface area contributed by atoms with E-state index >= 15 is 0 Å². The molecule has 0 amide bonds. The Morgan fingerprint density at radius 3 is 1.43 bits per heavy atom. The van der Waals surface area contributed by atoms with Crippen LogP contribution in [0.5, 0.6) is 0 Å². The minimum absolute atomic E-state index is 1.05. The fourth-order valence-corrected chi connectivity index (χ4v) is 10.6. The molecule has 10 aromatic carbocycles. The molecule has 0 atom stereocenters. The summed E-state index contributed by atoms with van der Waals surface area (Å²) in [6, 6.07) is 77.5. The number of rotatable bonds is 5. The molecule has 3 nitrogen and oxygen atoms in total. The van der Waals surface area contributed by atoms with Crippen molar-refractivity contribution >= 4 is 86.7 Å². The number of thiazole rings is 1. The molecule has 0 bridgehead atoms. The molecule has 0 aliphatic carbocycles. The Bertz CT molecular complexity index is 3860. The number of fused-ring (bicyclic) bond motifs is 11. The van der Waals surface area contributed by atoms with E-state index in [0.29, 0.717) is 0 Å². The highest BCUT2D eigenvalue weighted by molar-refractivity contribution is 7.21. The Balaban J connectivity index is 0.971. The fourth-order valence-electron chi connectivity index (χ4n) is 9.67. The average Bonchev–Trinajstić information content (AvgIpc) is 4.02. The lowest BCUT2D eigenvalue weighted by atomic mass is 9.96. The van der Waals surface area contributed by atoms with Gasteiger partial charge in [0.1, 0.15) is 5.01 Å². The topological polar surface area (TPSA) is 22.8 Å². The van der Waals surface area contributed by atoms with E-state index in [2.05, 4.69) is 221 Å². The van der Waals surface area contributed by atoms with Crippen LogP contribution in [0, 0.1) is 0 Å². The molecule has 0 radical (unpaired) electrons. The summed E-state index contributed by atoms with van der Waals surface area (Å²) in [5, 5.41) is 10.9. The molecule has 284 valence electrons. The van der Waals surface area contributed by atoms with Gasteiger partial charge >= 0.3 is 0 Å². The third kappa shape index (κ3) is 5.33. The van der Waals surface area contributed by atoms with Gasteiger partial charge in [-0.05, 0) is 117 Å². The fraction of sp³-hybridized carbons (Fsp3) is 0. The van der Waals surface area contributed by atoms with Gasteiger partial charge in [0.05, 0.1) is 32.3 Å². The van der Waals surface area contributed by atoms with Crippen LogP contribution in [0.3, 0.4) is 0 Å². The van der Waals surface area contributed by atoms with Crippen LogP contribution in [0.4, 0.5) is 0 Å². The second kappa shape index (κ2) is 13.4. The highest BCUT2D eigenvalue weighted by Gasteiger charge is 2.18. The minimum atomic E-state index is 1.05. The van der Waals surface area contributed by atoms with Crippen molar-refractivity contribution in [3.05, 3.63) is 212 Å². The van der Waals surface area contributed by atoms with Crippen molar-refractivity contribution in [1.29, 1.82) is 0 Å². The zero-order chi connectivity index (χ0) is 40.0. The van der Waals surface area contributed by atoms with E-state index < -0.39 is 0 Å². The van der Waals surface area contributed by atoms with Crippen LogP contribution in [0.15, 0.2) is 212 Å². The smallest absolute Gasteiger partial charge is 0.124 e. The van der Waals surface area contributed by atoms with E-state index in [0.717, 1.165) is 21.8 Å². The predicted molar refractivity (Wildman–Crippen MR) is 260 cm³/mol. The quantitative estimate of drug-likeness (QED) is 0.159. The molecule has 0 saturated heterocycles. The molecule has 13 aromatic rings. The van der Waals surface area contributed by atoms with Gasteiger partial charge in [0.15, 0.2) is 0 Å². The standard InChI is InChI=1S/C57H35N3S/c1-4-12-37(13-5-1)57-58-56-54(61-57)31-26-36-20-21-42-32-38(22-27-45(42)55(36)56)39-23-29-52-48(34-39)49-35-41(25-30-53(49)60(52)44-16-8-3-9-17-44)40-24-28-51-47(33-40)46-18-10-11-19-50(46)59(51)43-14-6-2-7-15-43/h1-35H. The van der Waals surface area contributed by atoms with E-state index in [1.807, 2.05) is 0 Å². The lowest BCUT2D eigenvalue weighted by Crippen LogP contribution is -1.93. The van der Waals surface area contributed by atoms with E-state index in [4.69, 9.17) is 4.98 Å². The van der Waals surface area contributed by atoms with Crippen LogP contribution in [0.25, 0.3) is 120 Å². The molecule has 0 aliphatic heterocycles. The number of para-hydroxylation sites is 3. The SMILES string of the molecule is c1ccc(-c2nc3c(ccc4ccc5cc(-c6ccc7c(c6)c6cc(-c8ccc9c(c8)c8ccccc8n9-c8ccccc8)ccc6n7-c6ccccc6)ccc5c43)s2)cc1. The molecular weight excluding hydrogens is 759 g/mol. The number of hydrogen-bond donors (Lipinski definition) is 0. The number of benzene rings is 10. The molecule has 0 aliphatic rings. The Morgan fingerprint density at radius 2 is 0.803 bits per heavy atom. The highest BCUT2D eigenvalue weighted by Crippen LogP contribution is 2.42. The van der Waals surface area contributed by atoms with Gasteiger partial charge in [-0.25, -0.2) is 4.98 Å². The third-order valence-electron chi connectivity index (χ3n) is 12.5. The van der Waals surface area contributed by atoms with Crippen LogP contribution in [-0.2, 0) is 0 Å². The number of nitrogens with zero attached hydrogens (tertiary/aromatic N) is 3. The van der Waals surface area contributed by atoms with Crippen LogP contribution in [-0.4, -0.2) is 14.1 Å². The van der Waals surface area contributed by atoms with Crippen molar-refractivity contribution in [3.8, 4) is 44.2 Å². The maximum absolute atomic E-state index is 5.22. The van der Waals surface area contributed by atoms with Crippen LogP contribution >= 0.6 is 11.3 Å². The van der Waals surface area contributed by atoms with E-state index in [1.54, 1.807) is 11.3 Å². The van der Waals surface area contributed by atoms with E-state index in [9.17, 15) is 0 Å². The molecule has 0 spiro atoms. The van der Waals surface area contributed by atoms with Crippen molar-refractivity contribution < 1.29 is 0 Å². The van der Waals surface area contributed by atoms with E-state index in [-0.39, 0.29) is 0 Å². The maximum Gasteiger partial charge on any atom is 0.124 e. The largest absolute Gasteiger partial charge is 0.309 e. The average molecular weight is 794 g/mol. The van der Waals surface area contributed by atoms with Crippen LogP contribution in [0.2, 0.25) is 0 Å². The summed E-state index contributed by atoms with van der Waals surface area (Å²) in [4.78, 5) is 5.22. The minimum Gasteiger partial charge on any atom is -0.309 e. The Labute approximate surface area is 355 Å². The summed E-state index contributed by atoms with van der Waals surface area (Å²) in [6.07, 6.45) is 0. The Kier molecular flexibility index (Phi) is 7.47. The first-order valence-electron chi connectivity index (χ1n) is 20.8. The van der Waals surface area contributed by atoms with Crippen LogP contribution in [0.1, 0.15) is 0 Å². The Morgan fingerprint density at radius 1 is 0.328 bits per heavy atom. The zero-order valence-corrected chi connectivity index (χ0v) is 33.8. The van der Waals surface area contributed by atoms with Gasteiger partial charge in [0.2, 0.25) is 0 Å². The zero-order valence-electron chi connectivity index (χ0n) is 33.0. The molecule has 3 aromatic heterocycles. The van der Waals surface area contributed by atoms with Gasteiger partial charge in [-0.3, -0.25) is 0 Å². The molecule has 4 heteroatoms. The molecule has 3 heterocycles. The molecular formula is C57H35N3S. The molecule has 0 fully saturated rings. The predicted octanol–water partition coefficient (Wildman–Crippen LogP) is 15.8. The maximum atomic E-state index is 5.22. The second-order valence-corrected chi connectivity index (χ2v) is 17.0. The van der Waals surface area contributed by atoms with E-state index in [1.165, 1.54) is 97.8 Å². The summed E-state index contributed by atoms with van der Waals surface area (Å²) < 4.78 is 5.99. The summed E-state index contributed by atoms with van der Waals surface area (Å²) in [6.45, 7) is 0. The normalized spacial score (nSPS) is 11.9. The van der Waals surface area contributed by atoms with Gasteiger partial charge in [-0.2, -0.15) is 0 Å². The summed E-state index contributed by atoms with van der Waals surface area (Å²) in [5.74, 6) is 0. The first-order valence-corrected chi connectivity index (χ1v) is 21.6. The molecule has 0 unspecified atom stereocenters. The van der Waals surface area contributed by atoms with Gasteiger partial charge in [-0.1, -0.05) is 133 Å². The first-order chi connectivity index (χ1) is 30.2. The molecule has 61 heavy (non-hydrogen) atoms. The summed E-state index contributed by atoms with van der Waals surface area (Å²) in [7, 11) is 0. The van der Waals surface area contributed by atoms with Gasteiger partial charge in [0, 0.05) is 43.9 Å².